The van der Waals surface area contributed by atoms with E-state index in [9.17, 15) is 9.59 Å². The largest absolute Gasteiger partial charge is 0.463 e. The Morgan fingerprint density at radius 2 is 1.94 bits per heavy atom. The lowest BCUT2D eigenvalue weighted by molar-refractivity contribution is -0.148. The molecule has 2 atom stereocenters. The van der Waals surface area contributed by atoms with Gasteiger partial charge in [0.15, 0.2) is 0 Å². The highest BCUT2D eigenvalue weighted by Crippen LogP contribution is 2.13. The SMILES string of the molecule is CCOC(=O)/C=C/C(C)C(CC)OC(C)=O. The molecule has 0 rings (SSSR count). The van der Waals surface area contributed by atoms with Gasteiger partial charge in [0.1, 0.15) is 6.10 Å². The monoisotopic (exact) mass is 228 g/mol. The summed E-state index contributed by atoms with van der Waals surface area (Å²) in [6.07, 6.45) is 3.60. The molecule has 0 saturated carbocycles. The average molecular weight is 228 g/mol. The fourth-order valence-corrected chi connectivity index (χ4v) is 1.32. The first-order valence-corrected chi connectivity index (χ1v) is 5.53. The van der Waals surface area contributed by atoms with Crippen LogP contribution in [0, 0.1) is 5.92 Å². The van der Waals surface area contributed by atoms with Gasteiger partial charge in [0, 0.05) is 18.9 Å². The molecule has 4 heteroatoms. The van der Waals surface area contributed by atoms with Gasteiger partial charge in [0.25, 0.3) is 0 Å². The van der Waals surface area contributed by atoms with Crippen LogP contribution in [-0.4, -0.2) is 24.6 Å². The predicted octanol–water partition coefficient (Wildman–Crippen LogP) is 2.08. The zero-order valence-electron chi connectivity index (χ0n) is 10.4. The van der Waals surface area contributed by atoms with Crippen molar-refractivity contribution in [3.05, 3.63) is 12.2 Å². The van der Waals surface area contributed by atoms with Crippen molar-refractivity contribution in [3.63, 3.8) is 0 Å². The summed E-state index contributed by atoms with van der Waals surface area (Å²) in [5.74, 6) is -0.673. The van der Waals surface area contributed by atoms with Crippen LogP contribution in [0.15, 0.2) is 12.2 Å². The second kappa shape index (κ2) is 7.91. The average Bonchev–Trinajstić information content (AvgIpc) is 2.22. The molecule has 0 saturated heterocycles. The summed E-state index contributed by atoms with van der Waals surface area (Å²) in [4.78, 5) is 21.9. The lowest BCUT2D eigenvalue weighted by Crippen LogP contribution is -2.22. The summed E-state index contributed by atoms with van der Waals surface area (Å²) in [5.41, 5.74) is 0. The van der Waals surface area contributed by atoms with E-state index in [2.05, 4.69) is 0 Å². The van der Waals surface area contributed by atoms with Gasteiger partial charge in [-0.25, -0.2) is 4.79 Å². The van der Waals surface area contributed by atoms with Crippen LogP contribution >= 0.6 is 0 Å². The van der Waals surface area contributed by atoms with E-state index in [-0.39, 0.29) is 24.0 Å². The maximum absolute atomic E-state index is 11.1. The molecule has 0 aliphatic heterocycles. The molecule has 2 unspecified atom stereocenters. The van der Waals surface area contributed by atoms with Crippen molar-refractivity contribution < 1.29 is 19.1 Å². The number of esters is 2. The Kier molecular flexibility index (Phi) is 7.25. The van der Waals surface area contributed by atoms with Crippen LogP contribution in [0.3, 0.4) is 0 Å². The summed E-state index contributed by atoms with van der Waals surface area (Å²) in [6, 6.07) is 0. The lowest BCUT2D eigenvalue weighted by atomic mass is 10.0. The smallest absolute Gasteiger partial charge is 0.330 e. The minimum absolute atomic E-state index is 0.00157. The molecule has 0 aliphatic carbocycles. The Morgan fingerprint density at radius 3 is 2.38 bits per heavy atom. The van der Waals surface area contributed by atoms with Gasteiger partial charge in [-0.1, -0.05) is 19.9 Å². The van der Waals surface area contributed by atoms with Crippen molar-refractivity contribution in [2.75, 3.05) is 6.61 Å². The van der Waals surface area contributed by atoms with Crippen LogP contribution < -0.4 is 0 Å². The van der Waals surface area contributed by atoms with Crippen LogP contribution in [-0.2, 0) is 19.1 Å². The van der Waals surface area contributed by atoms with Gasteiger partial charge in [-0.15, -0.1) is 0 Å². The standard InChI is InChI=1S/C12H20O4/c1-5-11(16-10(4)13)9(3)7-8-12(14)15-6-2/h7-9,11H,5-6H2,1-4H3/b8-7+. The molecule has 0 aliphatic rings. The number of carbonyl (C=O) groups is 2. The second-order valence-electron chi connectivity index (χ2n) is 3.53. The van der Waals surface area contributed by atoms with Gasteiger partial charge in [0.2, 0.25) is 0 Å². The lowest BCUT2D eigenvalue weighted by Gasteiger charge is -2.19. The third-order valence-corrected chi connectivity index (χ3v) is 2.13. The molecule has 0 fully saturated rings. The van der Waals surface area contributed by atoms with Gasteiger partial charge in [-0.3, -0.25) is 4.79 Å². The molecule has 4 nitrogen and oxygen atoms in total. The number of hydrogen-bond acceptors (Lipinski definition) is 4. The van der Waals surface area contributed by atoms with E-state index < -0.39 is 0 Å². The quantitative estimate of drug-likeness (QED) is 0.516. The van der Waals surface area contributed by atoms with Gasteiger partial charge in [0.05, 0.1) is 6.61 Å². The van der Waals surface area contributed by atoms with Crippen LogP contribution in [0.25, 0.3) is 0 Å². The Labute approximate surface area is 96.6 Å². The van der Waals surface area contributed by atoms with E-state index in [1.54, 1.807) is 13.0 Å². The van der Waals surface area contributed by atoms with Crippen LogP contribution in [0.2, 0.25) is 0 Å². The molecule has 16 heavy (non-hydrogen) atoms. The van der Waals surface area contributed by atoms with Gasteiger partial charge >= 0.3 is 11.9 Å². The maximum Gasteiger partial charge on any atom is 0.330 e. The van der Waals surface area contributed by atoms with Crippen molar-refractivity contribution >= 4 is 11.9 Å². The summed E-state index contributed by atoms with van der Waals surface area (Å²) in [5, 5.41) is 0. The Balaban J connectivity index is 4.24. The third kappa shape index (κ3) is 6.22. The second-order valence-corrected chi connectivity index (χ2v) is 3.53. The maximum atomic E-state index is 11.1. The highest BCUT2D eigenvalue weighted by atomic mass is 16.5. The van der Waals surface area contributed by atoms with Gasteiger partial charge in [-0.05, 0) is 13.3 Å². The molecular formula is C12H20O4. The van der Waals surface area contributed by atoms with E-state index in [0.29, 0.717) is 13.0 Å². The predicted molar refractivity (Wildman–Crippen MR) is 60.8 cm³/mol. The van der Waals surface area contributed by atoms with Crippen molar-refractivity contribution in [3.8, 4) is 0 Å². The summed E-state index contributed by atoms with van der Waals surface area (Å²) in [6.45, 7) is 7.32. The molecule has 0 N–H and O–H groups in total. The summed E-state index contributed by atoms with van der Waals surface area (Å²) < 4.78 is 9.86. The summed E-state index contributed by atoms with van der Waals surface area (Å²) in [7, 11) is 0. The van der Waals surface area contributed by atoms with E-state index in [0.717, 1.165) is 0 Å². The molecule has 0 heterocycles. The minimum Gasteiger partial charge on any atom is -0.463 e. The molecule has 0 spiro atoms. The molecule has 0 aromatic rings. The number of ether oxygens (including phenoxy) is 2. The molecule has 0 radical (unpaired) electrons. The number of hydrogen-bond donors (Lipinski definition) is 0. The van der Waals surface area contributed by atoms with Crippen LogP contribution in [0.5, 0.6) is 0 Å². The molecule has 92 valence electrons. The number of carbonyl (C=O) groups excluding carboxylic acids is 2. The Morgan fingerprint density at radius 1 is 1.31 bits per heavy atom. The Hall–Kier alpha value is -1.32. The highest BCUT2D eigenvalue weighted by Gasteiger charge is 2.15. The molecule has 0 bridgehead atoms. The van der Waals surface area contributed by atoms with Crippen molar-refractivity contribution in [2.45, 2.75) is 40.2 Å². The highest BCUT2D eigenvalue weighted by molar-refractivity contribution is 5.81. The normalized spacial score (nSPS) is 14.5. The number of rotatable bonds is 6. The topological polar surface area (TPSA) is 52.6 Å². The molecule has 0 aromatic heterocycles. The van der Waals surface area contributed by atoms with E-state index >= 15 is 0 Å². The minimum atomic E-state index is -0.368. The van der Waals surface area contributed by atoms with Crippen molar-refractivity contribution in [1.82, 2.24) is 0 Å². The van der Waals surface area contributed by atoms with E-state index in [1.165, 1.54) is 13.0 Å². The third-order valence-electron chi connectivity index (χ3n) is 2.13. The van der Waals surface area contributed by atoms with E-state index in [4.69, 9.17) is 9.47 Å². The summed E-state index contributed by atoms with van der Waals surface area (Å²) >= 11 is 0. The first kappa shape index (κ1) is 14.7. The zero-order valence-corrected chi connectivity index (χ0v) is 10.4. The fourth-order valence-electron chi connectivity index (χ4n) is 1.32. The molecule has 0 aromatic carbocycles. The van der Waals surface area contributed by atoms with Crippen molar-refractivity contribution in [2.24, 2.45) is 5.92 Å². The molecule has 0 amide bonds. The molecular weight excluding hydrogens is 208 g/mol. The first-order chi connectivity index (χ1) is 7.51. The first-order valence-electron chi connectivity index (χ1n) is 5.53. The Bertz CT molecular complexity index is 258. The zero-order chi connectivity index (χ0) is 12.6. The van der Waals surface area contributed by atoms with Crippen LogP contribution in [0.4, 0.5) is 0 Å². The van der Waals surface area contributed by atoms with Gasteiger partial charge < -0.3 is 9.47 Å². The van der Waals surface area contributed by atoms with E-state index in [1.807, 2.05) is 13.8 Å². The van der Waals surface area contributed by atoms with Gasteiger partial charge in [-0.2, -0.15) is 0 Å². The van der Waals surface area contributed by atoms with Crippen molar-refractivity contribution in [1.29, 1.82) is 0 Å². The van der Waals surface area contributed by atoms with Crippen LogP contribution in [0.1, 0.15) is 34.1 Å². The fraction of sp³-hybridized carbons (Fsp3) is 0.667.